The molecular formula is C20H27FN4O. The van der Waals surface area contributed by atoms with E-state index in [0.717, 1.165) is 61.1 Å². The van der Waals surface area contributed by atoms with Gasteiger partial charge in [0.25, 0.3) is 0 Å². The number of H-pyrrole nitrogens is 1. The lowest BCUT2D eigenvalue weighted by atomic mass is 9.97. The first-order valence-corrected chi connectivity index (χ1v) is 8.85. The van der Waals surface area contributed by atoms with E-state index in [4.69, 9.17) is 5.11 Å². The van der Waals surface area contributed by atoms with Crippen molar-refractivity contribution in [1.82, 2.24) is 19.7 Å². The van der Waals surface area contributed by atoms with Crippen LogP contribution in [0, 0.1) is 11.7 Å². The Balaban J connectivity index is 0.00000196. The SMILES string of the molecule is C.OCCN1CCC(Cn2cc(-c3c[nH]c4cc(F)ccc34)cn2)CC1. The second-order valence-electron chi connectivity index (χ2n) is 6.85. The van der Waals surface area contributed by atoms with Gasteiger partial charge in [0.1, 0.15) is 5.82 Å². The maximum Gasteiger partial charge on any atom is 0.125 e. The van der Waals surface area contributed by atoms with Crippen LogP contribution in [0.25, 0.3) is 22.0 Å². The highest BCUT2D eigenvalue weighted by molar-refractivity contribution is 5.95. The number of aliphatic hydroxyl groups excluding tert-OH is 1. The van der Waals surface area contributed by atoms with Crippen LogP contribution in [0.1, 0.15) is 20.3 Å². The van der Waals surface area contributed by atoms with Gasteiger partial charge in [-0.2, -0.15) is 5.10 Å². The molecule has 3 aromatic rings. The smallest absolute Gasteiger partial charge is 0.125 e. The van der Waals surface area contributed by atoms with Gasteiger partial charge in [-0.15, -0.1) is 0 Å². The zero-order valence-electron chi connectivity index (χ0n) is 14.2. The van der Waals surface area contributed by atoms with Crippen molar-refractivity contribution in [2.24, 2.45) is 5.92 Å². The van der Waals surface area contributed by atoms with Crippen LogP contribution >= 0.6 is 0 Å². The molecule has 2 N–H and O–H groups in total. The van der Waals surface area contributed by atoms with E-state index in [2.05, 4.69) is 21.2 Å². The molecule has 6 heteroatoms. The Bertz CT molecular complexity index is 848. The third-order valence-corrected chi connectivity index (χ3v) is 5.16. The molecule has 4 rings (SSSR count). The summed E-state index contributed by atoms with van der Waals surface area (Å²) in [6.07, 6.45) is 8.15. The van der Waals surface area contributed by atoms with E-state index in [9.17, 15) is 4.39 Å². The van der Waals surface area contributed by atoms with Crippen molar-refractivity contribution >= 4 is 10.9 Å². The zero-order chi connectivity index (χ0) is 17.2. The number of nitrogens with one attached hydrogen (secondary N) is 1. The summed E-state index contributed by atoms with van der Waals surface area (Å²) in [5, 5.41) is 14.6. The van der Waals surface area contributed by atoms with Crippen LogP contribution in [-0.4, -0.2) is 51.0 Å². The largest absolute Gasteiger partial charge is 0.395 e. The molecule has 1 saturated heterocycles. The summed E-state index contributed by atoms with van der Waals surface area (Å²) in [6, 6.07) is 4.82. The van der Waals surface area contributed by atoms with Crippen LogP contribution in [0.15, 0.2) is 36.8 Å². The fraction of sp³-hybridized carbons (Fsp3) is 0.450. The first kappa shape index (κ1) is 18.6. The van der Waals surface area contributed by atoms with Crippen molar-refractivity contribution < 1.29 is 9.50 Å². The first-order valence-electron chi connectivity index (χ1n) is 8.85. The van der Waals surface area contributed by atoms with E-state index in [1.807, 2.05) is 23.1 Å². The van der Waals surface area contributed by atoms with Gasteiger partial charge in [-0.25, -0.2) is 4.39 Å². The predicted octanol–water partition coefficient (Wildman–Crippen LogP) is 3.51. The third kappa shape index (κ3) is 3.81. The highest BCUT2D eigenvalue weighted by atomic mass is 19.1. The van der Waals surface area contributed by atoms with E-state index in [1.165, 1.54) is 12.1 Å². The lowest BCUT2D eigenvalue weighted by molar-refractivity contribution is 0.140. The number of fused-ring (bicyclic) bond motifs is 1. The van der Waals surface area contributed by atoms with Crippen LogP contribution in [0.5, 0.6) is 0 Å². The van der Waals surface area contributed by atoms with Gasteiger partial charge in [-0.3, -0.25) is 4.68 Å². The summed E-state index contributed by atoms with van der Waals surface area (Å²) in [4.78, 5) is 5.45. The number of β-amino-alcohol motifs (C(OH)–C–C–N with tert-alkyl or cyclic N) is 1. The number of halogens is 1. The molecule has 0 saturated carbocycles. The fourth-order valence-electron chi connectivity index (χ4n) is 3.74. The van der Waals surface area contributed by atoms with E-state index in [-0.39, 0.29) is 19.9 Å². The number of likely N-dealkylation sites (tertiary alicyclic amines) is 1. The molecular weight excluding hydrogens is 331 g/mol. The van der Waals surface area contributed by atoms with E-state index < -0.39 is 0 Å². The topological polar surface area (TPSA) is 57.1 Å². The van der Waals surface area contributed by atoms with Crippen LogP contribution in [0.2, 0.25) is 0 Å². The average Bonchev–Trinajstić information content (AvgIpc) is 3.23. The molecule has 0 radical (unpaired) electrons. The predicted molar refractivity (Wildman–Crippen MR) is 102 cm³/mol. The quantitative estimate of drug-likeness (QED) is 0.734. The van der Waals surface area contributed by atoms with Crippen molar-refractivity contribution in [2.75, 3.05) is 26.2 Å². The number of hydrogen-bond donors (Lipinski definition) is 2. The number of rotatable bonds is 5. The van der Waals surface area contributed by atoms with Crippen molar-refractivity contribution in [3.05, 3.63) is 42.6 Å². The van der Waals surface area contributed by atoms with Crippen LogP contribution in [0.4, 0.5) is 4.39 Å². The minimum absolute atomic E-state index is 0. The fourth-order valence-corrected chi connectivity index (χ4v) is 3.74. The number of hydrogen-bond acceptors (Lipinski definition) is 3. The Morgan fingerprint density at radius 1 is 1.27 bits per heavy atom. The molecule has 1 fully saturated rings. The molecule has 140 valence electrons. The normalized spacial score (nSPS) is 16.1. The second kappa shape index (κ2) is 8.01. The van der Waals surface area contributed by atoms with Gasteiger partial charge in [0.2, 0.25) is 0 Å². The van der Waals surface area contributed by atoms with Crippen LogP contribution in [-0.2, 0) is 6.54 Å². The van der Waals surface area contributed by atoms with Gasteiger partial charge in [0, 0.05) is 47.5 Å². The Labute approximate surface area is 153 Å². The molecule has 0 aliphatic carbocycles. The maximum absolute atomic E-state index is 13.3. The summed E-state index contributed by atoms with van der Waals surface area (Å²) in [6.45, 7) is 4.03. The van der Waals surface area contributed by atoms with Gasteiger partial charge in [0.05, 0.1) is 12.8 Å². The molecule has 1 aliphatic heterocycles. The number of aromatic amines is 1. The summed E-state index contributed by atoms with van der Waals surface area (Å²) >= 11 is 0. The molecule has 5 nitrogen and oxygen atoms in total. The third-order valence-electron chi connectivity index (χ3n) is 5.16. The molecule has 1 aliphatic rings. The molecule has 0 spiro atoms. The standard InChI is InChI=1S/C19H23FN4O.CH4/c20-16-1-2-17-18(11-21-19(17)9-16)15-10-22-24(13-15)12-14-3-5-23(6-4-14)7-8-25;/h1-2,9-11,13-14,21,25H,3-8,12H2;1H4. The Kier molecular flexibility index (Phi) is 5.74. The first-order chi connectivity index (χ1) is 12.2. The van der Waals surface area contributed by atoms with Crippen molar-refractivity contribution in [2.45, 2.75) is 26.8 Å². The van der Waals surface area contributed by atoms with Crippen LogP contribution in [0.3, 0.4) is 0 Å². The molecule has 0 atom stereocenters. The monoisotopic (exact) mass is 358 g/mol. The minimum atomic E-state index is -0.232. The van der Waals surface area contributed by atoms with E-state index in [1.54, 1.807) is 0 Å². The molecule has 1 aromatic carbocycles. The molecule has 0 amide bonds. The molecule has 3 heterocycles. The number of aromatic nitrogens is 3. The molecule has 26 heavy (non-hydrogen) atoms. The summed E-state index contributed by atoms with van der Waals surface area (Å²) in [5.41, 5.74) is 2.91. The summed E-state index contributed by atoms with van der Waals surface area (Å²) in [5.74, 6) is 0.392. The van der Waals surface area contributed by atoms with E-state index in [0.29, 0.717) is 5.92 Å². The molecule has 2 aromatic heterocycles. The lowest BCUT2D eigenvalue weighted by Gasteiger charge is -2.31. The summed E-state index contributed by atoms with van der Waals surface area (Å²) in [7, 11) is 0. The van der Waals surface area contributed by atoms with Crippen molar-refractivity contribution in [3.63, 3.8) is 0 Å². The van der Waals surface area contributed by atoms with Gasteiger partial charge in [0.15, 0.2) is 0 Å². The van der Waals surface area contributed by atoms with Gasteiger partial charge < -0.3 is 15.0 Å². The van der Waals surface area contributed by atoms with Crippen molar-refractivity contribution in [3.8, 4) is 11.1 Å². The summed E-state index contributed by atoms with van der Waals surface area (Å²) < 4.78 is 15.4. The van der Waals surface area contributed by atoms with Crippen molar-refractivity contribution in [1.29, 1.82) is 0 Å². The van der Waals surface area contributed by atoms with Gasteiger partial charge >= 0.3 is 0 Å². The highest BCUT2D eigenvalue weighted by Crippen LogP contribution is 2.29. The zero-order valence-corrected chi connectivity index (χ0v) is 14.2. The Morgan fingerprint density at radius 3 is 2.85 bits per heavy atom. The van der Waals surface area contributed by atoms with E-state index >= 15 is 0 Å². The average molecular weight is 358 g/mol. The second-order valence-corrected chi connectivity index (χ2v) is 6.85. The number of aliphatic hydroxyl groups is 1. The number of benzene rings is 1. The molecule has 0 unspecified atom stereocenters. The minimum Gasteiger partial charge on any atom is -0.395 e. The number of piperidine rings is 1. The molecule has 0 bridgehead atoms. The maximum atomic E-state index is 13.3. The van der Waals surface area contributed by atoms with Crippen LogP contribution < -0.4 is 0 Å². The lowest BCUT2D eigenvalue weighted by Crippen LogP contribution is -2.36. The van der Waals surface area contributed by atoms with Gasteiger partial charge in [-0.1, -0.05) is 7.43 Å². The van der Waals surface area contributed by atoms with Gasteiger partial charge in [-0.05, 0) is 50.0 Å². The highest BCUT2D eigenvalue weighted by Gasteiger charge is 2.19. The Morgan fingerprint density at radius 2 is 2.08 bits per heavy atom. The number of nitrogens with zero attached hydrogens (tertiary/aromatic N) is 3. The Hall–Kier alpha value is -2.18.